The molecule has 0 aliphatic heterocycles. The molecule has 28 heavy (non-hydrogen) atoms. The van der Waals surface area contributed by atoms with Crippen LogP contribution in [0.5, 0.6) is 0 Å². The van der Waals surface area contributed by atoms with Gasteiger partial charge in [-0.2, -0.15) is 0 Å². The number of hydrogen-bond donors (Lipinski definition) is 2. The zero-order valence-corrected chi connectivity index (χ0v) is 16.0. The second-order valence-corrected chi connectivity index (χ2v) is 6.48. The van der Waals surface area contributed by atoms with Crippen LogP contribution in [0.4, 0.5) is 11.4 Å². The minimum Gasteiger partial charge on any atom is -0.458 e. The predicted molar refractivity (Wildman–Crippen MR) is 109 cm³/mol. The van der Waals surface area contributed by atoms with E-state index in [0.717, 1.165) is 0 Å². The Morgan fingerprint density at radius 2 is 1.75 bits per heavy atom. The molecule has 0 radical (unpaired) electrons. The zero-order valence-electron chi connectivity index (χ0n) is 14.5. The average Bonchev–Trinajstić information content (AvgIpc) is 3.15. The minimum absolute atomic E-state index is 0.0711. The lowest BCUT2D eigenvalue weighted by Gasteiger charge is -2.05. The van der Waals surface area contributed by atoms with E-state index < -0.39 is 11.8 Å². The van der Waals surface area contributed by atoms with Crippen molar-refractivity contribution in [2.45, 2.75) is 6.54 Å². The molecule has 3 aromatic rings. The van der Waals surface area contributed by atoms with Gasteiger partial charge in [0.25, 0.3) is 0 Å². The number of nitrogens with zero attached hydrogens (tertiary/aromatic N) is 1. The molecule has 8 heteroatoms. The van der Waals surface area contributed by atoms with Crippen molar-refractivity contribution < 1.29 is 14.0 Å². The number of carbonyl (C=O) groups excluding carboxylic acids is 2. The molecule has 1 heterocycles. The number of halogens is 2. The molecule has 0 spiro atoms. The molecule has 142 valence electrons. The molecule has 0 aliphatic carbocycles. The second kappa shape index (κ2) is 9.21. The molecule has 0 saturated carbocycles. The van der Waals surface area contributed by atoms with Crippen LogP contribution in [0.2, 0.25) is 10.0 Å². The molecular weight excluding hydrogens is 401 g/mol. The molecule has 0 saturated heterocycles. The van der Waals surface area contributed by atoms with E-state index in [2.05, 4.69) is 15.6 Å². The van der Waals surface area contributed by atoms with Crippen molar-refractivity contribution in [3.63, 3.8) is 0 Å². The van der Waals surface area contributed by atoms with E-state index in [9.17, 15) is 9.59 Å². The first-order valence-electron chi connectivity index (χ1n) is 8.23. The van der Waals surface area contributed by atoms with Crippen LogP contribution in [0.25, 0.3) is 0 Å². The van der Waals surface area contributed by atoms with Crippen molar-refractivity contribution >= 4 is 52.6 Å². The Morgan fingerprint density at radius 1 is 0.964 bits per heavy atom. The van der Waals surface area contributed by atoms with Crippen LogP contribution < -0.4 is 10.6 Å². The van der Waals surface area contributed by atoms with Gasteiger partial charge in [0.05, 0.1) is 28.5 Å². The summed E-state index contributed by atoms with van der Waals surface area (Å²) in [5.74, 6) is -0.536. The average molecular weight is 416 g/mol. The van der Waals surface area contributed by atoms with Crippen LogP contribution in [0.1, 0.15) is 11.5 Å². The van der Waals surface area contributed by atoms with Crippen molar-refractivity contribution in [1.29, 1.82) is 0 Å². The number of nitrogens with one attached hydrogen (secondary N) is 2. The van der Waals surface area contributed by atoms with E-state index in [0.29, 0.717) is 32.9 Å². The number of benzene rings is 2. The molecule has 3 rings (SSSR count). The Balaban J connectivity index is 1.52. The second-order valence-electron chi connectivity index (χ2n) is 5.66. The molecule has 0 fully saturated rings. The number of aliphatic imine (C=N–C) groups is 1. The van der Waals surface area contributed by atoms with Crippen molar-refractivity contribution in [3.8, 4) is 0 Å². The molecular formula is C20H15Cl2N3O3. The Kier molecular flexibility index (Phi) is 6.47. The van der Waals surface area contributed by atoms with Crippen molar-refractivity contribution in [3.05, 3.63) is 82.2 Å². The standard InChI is InChI=1S/C20H15Cl2N3O3/c21-17-9-6-14(10-18(17)22)23-11-15-7-8-16(28-15)12-24-19(26)20(27)25-13-4-2-1-3-5-13/h1-11H,12H2,(H,24,26)(H,25,27). The highest BCUT2D eigenvalue weighted by molar-refractivity contribution is 6.42. The molecule has 2 amide bonds. The third-order valence-electron chi connectivity index (χ3n) is 3.59. The summed E-state index contributed by atoms with van der Waals surface area (Å²) in [6, 6.07) is 17.1. The predicted octanol–water partition coefficient (Wildman–Crippen LogP) is 4.59. The normalized spacial score (nSPS) is 10.8. The van der Waals surface area contributed by atoms with E-state index >= 15 is 0 Å². The van der Waals surface area contributed by atoms with Gasteiger partial charge in [0.2, 0.25) is 0 Å². The number of rotatable bonds is 5. The summed E-state index contributed by atoms with van der Waals surface area (Å²) < 4.78 is 5.55. The van der Waals surface area contributed by atoms with Crippen molar-refractivity contribution in [2.24, 2.45) is 4.99 Å². The molecule has 2 aromatic carbocycles. The van der Waals surface area contributed by atoms with Crippen LogP contribution in [0, 0.1) is 0 Å². The van der Waals surface area contributed by atoms with Crippen LogP contribution in [-0.4, -0.2) is 18.0 Å². The molecule has 6 nitrogen and oxygen atoms in total. The Hall–Kier alpha value is -3.09. The van der Waals surface area contributed by atoms with Gasteiger partial charge in [-0.1, -0.05) is 41.4 Å². The van der Waals surface area contributed by atoms with Gasteiger partial charge in [-0.3, -0.25) is 14.6 Å². The highest BCUT2D eigenvalue weighted by Gasteiger charge is 2.14. The fraction of sp³-hybridized carbons (Fsp3) is 0.0500. The minimum atomic E-state index is -0.758. The monoisotopic (exact) mass is 415 g/mol. The van der Waals surface area contributed by atoms with Crippen LogP contribution in [0.3, 0.4) is 0 Å². The van der Waals surface area contributed by atoms with Crippen molar-refractivity contribution in [1.82, 2.24) is 5.32 Å². The number of amides is 2. The first kappa shape index (κ1) is 19.7. The topological polar surface area (TPSA) is 83.7 Å². The lowest BCUT2D eigenvalue weighted by atomic mass is 10.3. The number of furan rings is 1. The maximum atomic E-state index is 11.9. The lowest BCUT2D eigenvalue weighted by Crippen LogP contribution is -2.34. The highest BCUT2D eigenvalue weighted by Crippen LogP contribution is 2.26. The van der Waals surface area contributed by atoms with Gasteiger partial charge in [0.15, 0.2) is 0 Å². The number of para-hydroxylation sites is 1. The first-order chi connectivity index (χ1) is 13.5. The zero-order chi connectivity index (χ0) is 19.9. The van der Waals surface area contributed by atoms with E-state index in [4.69, 9.17) is 27.6 Å². The van der Waals surface area contributed by atoms with Crippen LogP contribution >= 0.6 is 23.2 Å². The summed E-state index contributed by atoms with van der Waals surface area (Å²) in [7, 11) is 0. The number of carbonyl (C=O) groups is 2. The largest absolute Gasteiger partial charge is 0.458 e. The molecule has 0 bridgehead atoms. The van der Waals surface area contributed by atoms with E-state index in [1.54, 1.807) is 54.6 Å². The summed E-state index contributed by atoms with van der Waals surface area (Å²) in [5.41, 5.74) is 1.17. The Morgan fingerprint density at radius 3 is 2.50 bits per heavy atom. The van der Waals surface area contributed by atoms with E-state index in [1.165, 1.54) is 6.21 Å². The van der Waals surface area contributed by atoms with Gasteiger partial charge in [-0.25, -0.2) is 0 Å². The van der Waals surface area contributed by atoms with Gasteiger partial charge < -0.3 is 15.1 Å². The lowest BCUT2D eigenvalue weighted by molar-refractivity contribution is -0.136. The summed E-state index contributed by atoms with van der Waals surface area (Å²) >= 11 is 11.8. The molecule has 1 aromatic heterocycles. The van der Waals surface area contributed by atoms with Crippen molar-refractivity contribution in [2.75, 3.05) is 5.32 Å². The molecule has 0 unspecified atom stereocenters. The third kappa shape index (κ3) is 5.45. The van der Waals surface area contributed by atoms with Gasteiger partial charge in [-0.05, 0) is 42.5 Å². The van der Waals surface area contributed by atoms with Crippen LogP contribution in [-0.2, 0) is 16.1 Å². The number of anilines is 1. The molecule has 2 N–H and O–H groups in total. The number of hydrogen-bond acceptors (Lipinski definition) is 4. The van der Waals surface area contributed by atoms with Gasteiger partial charge in [0, 0.05) is 5.69 Å². The smallest absolute Gasteiger partial charge is 0.313 e. The molecule has 0 atom stereocenters. The summed E-state index contributed by atoms with van der Waals surface area (Å²) in [5, 5.41) is 5.87. The van der Waals surface area contributed by atoms with Gasteiger partial charge in [0.1, 0.15) is 11.5 Å². The highest BCUT2D eigenvalue weighted by atomic mass is 35.5. The van der Waals surface area contributed by atoms with Gasteiger partial charge in [-0.15, -0.1) is 0 Å². The maximum absolute atomic E-state index is 11.9. The third-order valence-corrected chi connectivity index (χ3v) is 4.33. The van der Waals surface area contributed by atoms with Crippen LogP contribution in [0.15, 0.2) is 70.1 Å². The fourth-order valence-corrected chi connectivity index (χ4v) is 2.51. The Bertz CT molecular complexity index is 1020. The first-order valence-corrected chi connectivity index (χ1v) is 8.99. The summed E-state index contributed by atoms with van der Waals surface area (Å²) in [6.07, 6.45) is 1.52. The Labute approximate surface area is 171 Å². The maximum Gasteiger partial charge on any atom is 0.313 e. The fourth-order valence-electron chi connectivity index (χ4n) is 2.22. The summed E-state index contributed by atoms with van der Waals surface area (Å²) in [6.45, 7) is 0.0711. The van der Waals surface area contributed by atoms with Gasteiger partial charge >= 0.3 is 11.8 Å². The quantitative estimate of drug-likeness (QED) is 0.471. The van der Waals surface area contributed by atoms with E-state index in [1.807, 2.05) is 6.07 Å². The molecule has 0 aliphatic rings. The summed E-state index contributed by atoms with van der Waals surface area (Å²) in [4.78, 5) is 28.0. The SMILES string of the molecule is O=C(NCc1ccc(C=Nc2ccc(Cl)c(Cl)c2)o1)C(=O)Nc1ccccc1. The van der Waals surface area contributed by atoms with E-state index in [-0.39, 0.29) is 6.54 Å².